The Bertz CT molecular complexity index is 3020. The quantitative estimate of drug-likeness (QED) is 0.128. The van der Waals surface area contributed by atoms with Crippen LogP contribution in [0.25, 0.3) is 84.0 Å². The van der Waals surface area contributed by atoms with E-state index < -0.39 is 31.6 Å². The third-order valence-electron chi connectivity index (χ3n) is 11.6. The van der Waals surface area contributed by atoms with Crippen molar-refractivity contribution in [3.63, 3.8) is 0 Å². The normalized spacial score (nSPS) is 14.0. The van der Waals surface area contributed by atoms with Crippen molar-refractivity contribution in [3.8, 4) is 62.2 Å². The molecule has 12 heteroatoms. The summed E-state index contributed by atoms with van der Waals surface area (Å²) >= 11 is 0. The number of pyridine rings is 1. The molecule has 0 amide bonds. The minimum atomic E-state index is -4.55. The van der Waals surface area contributed by atoms with Crippen molar-refractivity contribution in [1.82, 2.24) is 24.5 Å². The van der Waals surface area contributed by atoms with E-state index in [9.17, 15) is 26.3 Å². The molecule has 0 saturated carbocycles. The summed E-state index contributed by atoms with van der Waals surface area (Å²) in [7, 11) is -2.72. The Hall–Kier alpha value is -6.92. The van der Waals surface area contributed by atoms with Crippen molar-refractivity contribution in [1.29, 1.82) is 0 Å². The standard InChI is InChI=1S/C48H32F6N5Si/c1-60(2)41-23-22-34(59-39-12-5-3-10-35(39)36-11-4-6-13-40(36)59)27-38(41)37-24-25-55-42(43(37)60)30-8-7-9-31(26-30)46-57-44(28-14-18-32(19-15-28)47(49,50)51)56-45(58-46)29-16-20-33(21-17-29)48(52,53)54/h3-27,60H,1-2H3/q-1. The summed E-state index contributed by atoms with van der Waals surface area (Å²) in [5, 5.41) is 4.91. The SMILES string of the molecule is C[SiH-]1(C)c2ccc(-n3c4ccccc4c4ccccc43)cc2-c2ccnc(-c3cccc(-c4nc(-c5ccc(C(F)(F)F)cc5)nc(-c5ccc(C(F)(F)F)cc5)n4)c3)c21. The molecule has 3 aromatic heterocycles. The zero-order chi connectivity index (χ0) is 41.6. The molecule has 0 atom stereocenters. The Labute approximate surface area is 340 Å². The second kappa shape index (κ2) is 13.6. The van der Waals surface area contributed by atoms with Gasteiger partial charge in [-0.3, -0.25) is 0 Å². The summed E-state index contributed by atoms with van der Waals surface area (Å²) < 4.78 is 83.0. The van der Waals surface area contributed by atoms with Crippen LogP contribution in [0, 0.1) is 0 Å². The number of alkyl halides is 6. The number of halogens is 6. The molecule has 4 heterocycles. The molecule has 6 aromatic carbocycles. The van der Waals surface area contributed by atoms with Gasteiger partial charge in [0, 0.05) is 0 Å². The second-order valence-electron chi connectivity index (χ2n) is 15.7. The topological polar surface area (TPSA) is 56.5 Å². The molecular formula is C48H32F6N5Si-. The summed E-state index contributed by atoms with van der Waals surface area (Å²) in [6, 6.07) is 42.1. The van der Waals surface area contributed by atoms with Gasteiger partial charge >= 0.3 is 315 Å². The summed E-state index contributed by atoms with van der Waals surface area (Å²) in [5.41, 5.74) is 6.75. The van der Waals surface area contributed by atoms with Crippen LogP contribution in [0.1, 0.15) is 11.1 Å². The average Bonchev–Trinajstić information content (AvgIpc) is 3.71. The number of fused-ring (bicyclic) bond motifs is 6. The van der Waals surface area contributed by atoms with E-state index in [1.807, 2.05) is 30.5 Å². The number of nitrogens with zero attached hydrogens (tertiary/aromatic N) is 5. The van der Waals surface area contributed by atoms with Gasteiger partial charge in [-0.05, 0) is 0 Å². The molecule has 0 aliphatic carbocycles. The zero-order valence-electron chi connectivity index (χ0n) is 32.0. The third kappa shape index (κ3) is 6.17. The summed E-state index contributed by atoms with van der Waals surface area (Å²) in [4.78, 5) is 18.9. The Morgan fingerprint density at radius 3 is 1.55 bits per heavy atom. The number of para-hydroxylation sites is 2. The fourth-order valence-electron chi connectivity index (χ4n) is 8.76. The van der Waals surface area contributed by atoms with Crippen molar-refractivity contribution in [2.24, 2.45) is 0 Å². The van der Waals surface area contributed by atoms with Crippen LogP contribution in [-0.4, -0.2) is 32.6 Å². The van der Waals surface area contributed by atoms with Gasteiger partial charge in [-0.15, -0.1) is 0 Å². The van der Waals surface area contributed by atoms with E-state index in [4.69, 9.17) is 15.0 Å². The summed E-state index contributed by atoms with van der Waals surface area (Å²) in [6.07, 6.45) is -7.27. The monoisotopic (exact) mass is 820 g/mol. The fraction of sp³-hybridized carbons (Fsp3) is 0.0833. The Morgan fingerprint density at radius 1 is 0.483 bits per heavy atom. The number of rotatable bonds is 5. The van der Waals surface area contributed by atoms with E-state index in [1.165, 1.54) is 51.0 Å². The molecule has 5 nitrogen and oxygen atoms in total. The van der Waals surface area contributed by atoms with Crippen LogP contribution in [-0.2, 0) is 12.4 Å². The van der Waals surface area contributed by atoms with Crippen LogP contribution < -0.4 is 10.4 Å². The van der Waals surface area contributed by atoms with E-state index in [0.29, 0.717) is 5.56 Å². The molecule has 1 aliphatic heterocycles. The van der Waals surface area contributed by atoms with Gasteiger partial charge in [-0.25, -0.2) is 0 Å². The van der Waals surface area contributed by atoms with Crippen LogP contribution in [0.5, 0.6) is 0 Å². The number of hydrogen-bond donors (Lipinski definition) is 0. The first kappa shape index (κ1) is 37.4. The minimum absolute atomic E-state index is 0.0669. The van der Waals surface area contributed by atoms with Crippen LogP contribution in [0.2, 0.25) is 13.1 Å². The van der Waals surface area contributed by atoms with Crippen LogP contribution >= 0.6 is 0 Å². The van der Waals surface area contributed by atoms with E-state index in [-0.39, 0.29) is 28.6 Å². The zero-order valence-corrected chi connectivity index (χ0v) is 33.2. The first-order valence-electron chi connectivity index (χ1n) is 19.3. The second-order valence-corrected chi connectivity index (χ2v) is 20.6. The van der Waals surface area contributed by atoms with Gasteiger partial charge in [0.1, 0.15) is 0 Å². The molecule has 0 spiro atoms. The van der Waals surface area contributed by atoms with Gasteiger partial charge in [-0.1, -0.05) is 0 Å². The van der Waals surface area contributed by atoms with Crippen LogP contribution in [0.15, 0.2) is 152 Å². The first-order chi connectivity index (χ1) is 28.8. The number of aromatic nitrogens is 5. The molecule has 9 aromatic rings. The Morgan fingerprint density at radius 2 is 1.00 bits per heavy atom. The van der Waals surface area contributed by atoms with Crippen molar-refractivity contribution >= 4 is 40.3 Å². The molecule has 0 N–H and O–H groups in total. The molecule has 0 bridgehead atoms. The number of hydrogen-bond acceptors (Lipinski definition) is 4. The molecule has 296 valence electrons. The van der Waals surface area contributed by atoms with Crippen molar-refractivity contribution < 1.29 is 26.3 Å². The van der Waals surface area contributed by atoms with Crippen LogP contribution in [0.4, 0.5) is 26.3 Å². The van der Waals surface area contributed by atoms with Gasteiger partial charge in [0.05, 0.1) is 0 Å². The predicted octanol–water partition coefficient (Wildman–Crippen LogP) is 11.6. The molecule has 0 saturated heterocycles. The predicted molar refractivity (Wildman–Crippen MR) is 227 cm³/mol. The van der Waals surface area contributed by atoms with Crippen LogP contribution in [0.3, 0.4) is 0 Å². The van der Waals surface area contributed by atoms with Gasteiger partial charge < -0.3 is 0 Å². The maximum absolute atomic E-state index is 13.4. The molecule has 1 aliphatic rings. The fourth-order valence-corrected chi connectivity index (χ4v) is 12.6. The molecule has 0 unspecified atom stereocenters. The van der Waals surface area contributed by atoms with Gasteiger partial charge in [0.15, 0.2) is 0 Å². The Kier molecular flexibility index (Phi) is 8.45. The van der Waals surface area contributed by atoms with E-state index in [0.717, 1.165) is 57.8 Å². The van der Waals surface area contributed by atoms with Gasteiger partial charge in [0.2, 0.25) is 0 Å². The van der Waals surface area contributed by atoms with Gasteiger partial charge in [0.25, 0.3) is 0 Å². The van der Waals surface area contributed by atoms with E-state index in [1.54, 1.807) is 0 Å². The Balaban J connectivity index is 1.09. The molecule has 0 fully saturated rings. The van der Waals surface area contributed by atoms with E-state index in [2.05, 4.69) is 95.4 Å². The summed E-state index contributed by atoms with van der Waals surface area (Å²) in [6.45, 7) is 4.71. The average molecular weight is 821 g/mol. The summed E-state index contributed by atoms with van der Waals surface area (Å²) in [5.74, 6) is 0.330. The van der Waals surface area contributed by atoms with Crippen molar-refractivity contribution in [2.45, 2.75) is 25.4 Å². The maximum atomic E-state index is 13.4. The van der Waals surface area contributed by atoms with E-state index >= 15 is 0 Å². The van der Waals surface area contributed by atoms with Crippen molar-refractivity contribution in [2.75, 3.05) is 0 Å². The van der Waals surface area contributed by atoms with Gasteiger partial charge in [-0.2, -0.15) is 26.3 Å². The molecule has 10 rings (SSSR count). The molecule has 0 radical (unpaired) electrons. The number of benzene rings is 6. The first-order valence-corrected chi connectivity index (χ1v) is 22.8. The molecular weight excluding hydrogens is 789 g/mol. The third-order valence-corrected chi connectivity index (χ3v) is 15.7. The van der Waals surface area contributed by atoms with Crippen molar-refractivity contribution in [3.05, 3.63) is 163 Å². The molecule has 60 heavy (non-hydrogen) atoms.